The second kappa shape index (κ2) is 17.3. The van der Waals surface area contributed by atoms with E-state index in [0.29, 0.717) is 0 Å². The molecule has 0 aromatic rings. The second-order valence-corrected chi connectivity index (χ2v) is 7.19. The number of hydrogen-bond acceptors (Lipinski definition) is 2. The molecule has 0 aromatic carbocycles. The normalized spacial score (nSPS) is 11.7. The van der Waals surface area contributed by atoms with E-state index >= 15 is 0 Å². The summed E-state index contributed by atoms with van der Waals surface area (Å²) in [6, 6.07) is 0. The van der Waals surface area contributed by atoms with Crippen LogP contribution in [0.1, 0.15) is 97.3 Å². The lowest BCUT2D eigenvalue weighted by atomic mass is 10.1. The van der Waals surface area contributed by atoms with Crippen LogP contribution in [0.5, 0.6) is 0 Å². The Morgan fingerprint density at radius 1 is 0.455 bits per heavy atom. The van der Waals surface area contributed by atoms with Crippen molar-refractivity contribution in [3.63, 3.8) is 0 Å². The third-order valence-electron chi connectivity index (χ3n) is 4.52. The van der Waals surface area contributed by atoms with Crippen molar-refractivity contribution in [1.29, 1.82) is 0 Å². The van der Waals surface area contributed by atoms with Crippen LogP contribution in [-0.2, 0) is 0 Å². The Morgan fingerprint density at radius 2 is 0.773 bits per heavy atom. The number of rotatable bonds is 17. The number of unbranched alkanes of at least 4 members (excludes halogenated alkanes) is 11. The van der Waals surface area contributed by atoms with Gasteiger partial charge < -0.3 is 0 Å². The third kappa shape index (κ3) is 16.3. The molecule has 22 heavy (non-hydrogen) atoms. The summed E-state index contributed by atoms with van der Waals surface area (Å²) in [5.74, 6) is 0. The summed E-state index contributed by atoms with van der Waals surface area (Å²) in [5.41, 5.74) is 0. The van der Waals surface area contributed by atoms with Gasteiger partial charge in [-0.25, -0.2) is 0 Å². The van der Waals surface area contributed by atoms with Crippen molar-refractivity contribution in [3.05, 3.63) is 0 Å². The molecule has 0 amide bonds. The van der Waals surface area contributed by atoms with Gasteiger partial charge >= 0.3 is 0 Å². The first kappa shape index (κ1) is 21.9. The molecule has 0 aliphatic heterocycles. The lowest BCUT2D eigenvalue weighted by Crippen LogP contribution is -2.34. The number of hydrogen-bond donors (Lipinski definition) is 0. The molecule has 0 spiro atoms. The van der Waals surface area contributed by atoms with Crippen molar-refractivity contribution in [2.45, 2.75) is 97.3 Å². The minimum absolute atomic E-state index is 1.13. The highest BCUT2D eigenvalue weighted by atomic mass is 15.3. The summed E-state index contributed by atoms with van der Waals surface area (Å²) >= 11 is 0. The van der Waals surface area contributed by atoms with E-state index in [1.165, 1.54) is 96.6 Å². The Labute approximate surface area is 141 Å². The first-order valence-electron chi connectivity index (χ1n) is 10.1. The van der Waals surface area contributed by atoms with Crippen LogP contribution < -0.4 is 0 Å². The van der Waals surface area contributed by atoms with Gasteiger partial charge in [0, 0.05) is 0 Å². The van der Waals surface area contributed by atoms with E-state index in [0.717, 1.165) is 6.67 Å². The van der Waals surface area contributed by atoms with E-state index in [1.54, 1.807) is 0 Å². The van der Waals surface area contributed by atoms with E-state index in [9.17, 15) is 0 Å². The van der Waals surface area contributed by atoms with Crippen LogP contribution in [0, 0.1) is 0 Å². The summed E-state index contributed by atoms with van der Waals surface area (Å²) in [7, 11) is 4.54. The molecule has 0 saturated heterocycles. The van der Waals surface area contributed by atoms with E-state index in [-0.39, 0.29) is 0 Å². The maximum atomic E-state index is 2.49. The number of nitrogens with zero attached hydrogens (tertiary/aromatic N) is 2. The van der Waals surface area contributed by atoms with Gasteiger partial charge in [-0.3, -0.25) is 9.80 Å². The molecule has 134 valence electrons. The summed E-state index contributed by atoms with van der Waals surface area (Å²) in [5, 5.41) is 0. The van der Waals surface area contributed by atoms with Gasteiger partial charge in [0.2, 0.25) is 0 Å². The van der Waals surface area contributed by atoms with E-state index in [4.69, 9.17) is 0 Å². The maximum Gasteiger partial charge on any atom is 0.0500 e. The van der Waals surface area contributed by atoms with Crippen LogP contribution >= 0.6 is 0 Å². The average molecular weight is 313 g/mol. The molecule has 0 radical (unpaired) electrons. The highest BCUT2D eigenvalue weighted by Crippen LogP contribution is 2.08. The van der Waals surface area contributed by atoms with Gasteiger partial charge in [0.15, 0.2) is 0 Å². The summed E-state index contributed by atoms with van der Waals surface area (Å²) in [6.45, 7) is 8.22. The molecule has 0 unspecified atom stereocenters. The Kier molecular flexibility index (Phi) is 17.2. The fourth-order valence-electron chi connectivity index (χ4n) is 3.05. The van der Waals surface area contributed by atoms with Gasteiger partial charge in [-0.05, 0) is 40.0 Å². The Bertz CT molecular complexity index is 206. The van der Waals surface area contributed by atoms with E-state index in [2.05, 4.69) is 37.7 Å². The largest absolute Gasteiger partial charge is 0.294 e. The van der Waals surface area contributed by atoms with Crippen molar-refractivity contribution in [1.82, 2.24) is 9.80 Å². The summed E-state index contributed by atoms with van der Waals surface area (Å²) in [4.78, 5) is 4.98. The molecular weight excluding hydrogens is 268 g/mol. The van der Waals surface area contributed by atoms with Crippen LogP contribution in [0.4, 0.5) is 0 Å². The van der Waals surface area contributed by atoms with Gasteiger partial charge in [0.25, 0.3) is 0 Å². The molecule has 2 nitrogen and oxygen atoms in total. The molecule has 0 aliphatic rings. The van der Waals surface area contributed by atoms with Crippen molar-refractivity contribution < 1.29 is 0 Å². The van der Waals surface area contributed by atoms with Crippen LogP contribution in [0.25, 0.3) is 0 Å². The lowest BCUT2D eigenvalue weighted by Gasteiger charge is -2.24. The molecule has 0 bridgehead atoms. The molecule has 0 atom stereocenters. The van der Waals surface area contributed by atoms with E-state index in [1.807, 2.05) is 0 Å². The van der Waals surface area contributed by atoms with Crippen LogP contribution in [-0.4, -0.2) is 43.7 Å². The topological polar surface area (TPSA) is 6.48 Å². The minimum Gasteiger partial charge on any atom is -0.294 e. The highest BCUT2D eigenvalue weighted by molar-refractivity contribution is 4.55. The van der Waals surface area contributed by atoms with Gasteiger partial charge in [-0.2, -0.15) is 0 Å². The van der Waals surface area contributed by atoms with Crippen LogP contribution in [0.15, 0.2) is 0 Å². The maximum absolute atomic E-state index is 2.49. The Hall–Kier alpha value is -0.0800. The second-order valence-electron chi connectivity index (χ2n) is 7.19. The van der Waals surface area contributed by atoms with Crippen molar-refractivity contribution in [2.75, 3.05) is 33.9 Å². The van der Waals surface area contributed by atoms with Gasteiger partial charge in [-0.15, -0.1) is 0 Å². The summed E-state index contributed by atoms with van der Waals surface area (Å²) in [6.07, 6.45) is 18.3. The molecule has 0 rings (SSSR count). The lowest BCUT2D eigenvalue weighted by molar-refractivity contribution is 0.178. The smallest absolute Gasteiger partial charge is 0.0500 e. The molecule has 0 N–H and O–H groups in total. The molecule has 0 fully saturated rings. The zero-order chi connectivity index (χ0) is 16.5. The van der Waals surface area contributed by atoms with E-state index < -0.39 is 0 Å². The van der Waals surface area contributed by atoms with Gasteiger partial charge in [0.1, 0.15) is 0 Å². The Balaban J connectivity index is 3.32. The zero-order valence-electron chi connectivity index (χ0n) is 16.2. The first-order chi connectivity index (χ1) is 10.7. The third-order valence-corrected chi connectivity index (χ3v) is 4.52. The summed E-state index contributed by atoms with van der Waals surface area (Å²) < 4.78 is 0. The predicted molar refractivity (Wildman–Crippen MR) is 101 cm³/mol. The fraction of sp³-hybridized carbons (Fsp3) is 1.00. The predicted octanol–water partition coefficient (Wildman–Crippen LogP) is 5.92. The van der Waals surface area contributed by atoms with Crippen molar-refractivity contribution in [3.8, 4) is 0 Å². The molecule has 0 aliphatic carbocycles. The van der Waals surface area contributed by atoms with Gasteiger partial charge in [0.05, 0.1) is 6.67 Å². The highest BCUT2D eigenvalue weighted by Gasteiger charge is 2.03. The zero-order valence-corrected chi connectivity index (χ0v) is 16.2. The monoisotopic (exact) mass is 312 g/mol. The minimum atomic E-state index is 1.13. The SMILES string of the molecule is CCCCCCCCCN(C)CN(C)CCCCCCCC. The quantitative estimate of drug-likeness (QED) is 0.243. The fourth-order valence-corrected chi connectivity index (χ4v) is 3.05. The first-order valence-corrected chi connectivity index (χ1v) is 10.1. The average Bonchev–Trinajstić information content (AvgIpc) is 2.50. The molecule has 0 aromatic heterocycles. The van der Waals surface area contributed by atoms with Crippen molar-refractivity contribution in [2.24, 2.45) is 0 Å². The standard InChI is InChI=1S/C20H44N2/c1-5-7-9-11-13-15-17-19-22(4)20-21(3)18-16-14-12-10-8-6-2/h5-20H2,1-4H3. The molecule has 0 saturated carbocycles. The Morgan fingerprint density at radius 3 is 1.14 bits per heavy atom. The van der Waals surface area contributed by atoms with Gasteiger partial charge in [-0.1, -0.05) is 84.5 Å². The molecule has 0 heterocycles. The van der Waals surface area contributed by atoms with Crippen LogP contribution in [0.3, 0.4) is 0 Å². The van der Waals surface area contributed by atoms with Crippen LogP contribution in [0.2, 0.25) is 0 Å². The van der Waals surface area contributed by atoms with Crippen molar-refractivity contribution >= 4 is 0 Å². The molecular formula is C20H44N2. The molecule has 2 heteroatoms.